The number of carbonyl (C=O) groups is 2. The van der Waals surface area contributed by atoms with Crippen molar-refractivity contribution in [3.05, 3.63) is 57.2 Å². The number of thiophene rings is 1. The highest BCUT2D eigenvalue weighted by Gasteiger charge is 2.20. The molecule has 118 valence electrons. The summed E-state index contributed by atoms with van der Waals surface area (Å²) in [5.74, 6) is -0.807. The van der Waals surface area contributed by atoms with Gasteiger partial charge in [0.05, 0.1) is 6.07 Å². The van der Waals surface area contributed by atoms with E-state index in [1.807, 2.05) is 11.4 Å². The topological polar surface area (TPSA) is 82.0 Å². The fraction of sp³-hybridized carbons (Fsp3) is 0.188. The summed E-state index contributed by atoms with van der Waals surface area (Å²) in [5, 5.41) is 18.5. The van der Waals surface area contributed by atoms with Crippen molar-refractivity contribution in [2.24, 2.45) is 0 Å². The van der Waals surface area contributed by atoms with Crippen molar-refractivity contribution in [1.29, 1.82) is 5.26 Å². The van der Waals surface area contributed by atoms with Crippen molar-refractivity contribution in [3.63, 3.8) is 0 Å². The largest absolute Gasteiger partial charge is 0.341 e. The molecule has 1 heterocycles. The Morgan fingerprint density at radius 3 is 2.48 bits per heavy atom. The van der Waals surface area contributed by atoms with Crippen LogP contribution in [-0.2, 0) is 4.79 Å². The van der Waals surface area contributed by atoms with Gasteiger partial charge in [0, 0.05) is 10.6 Å². The first-order valence-corrected chi connectivity index (χ1v) is 8.12. The fourth-order valence-corrected chi connectivity index (χ4v) is 2.66. The van der Waals surface area contributed by atoms with Crippen LogP contribution in [0.2, 0.25) is 5.02 Å². The number of nitrogens with one attached hydrogen (secondary N) is 2. The van der Waals surface area contributed by atoms with E-state index in [2.05, 4.69) is 10.6 Å². The summed E-state index contributed by atoms with van der Waals surface area (Å²) < 4.78 is 0. The summed E-state index contributed by atoms with van der Waals surface area (Å²) in [4.78, 5) is 24.2. The zero-order chi connectivity index (χ0) is 16.8. The lowest BCUT2D eigenvalue weighted by molar-refractivity contribution is -0.123. The SMILES string of the molecule is C[C@@H](NC(=O)c1ccc(Cl)cc1)C(=O)N[C@@H](C#N)c1ccsc1. The van der Waals surface area contributed by atoms with Crippen LogP contribution in [0.4, 0.5) is 0 Å². The summed E-state index contributed by atoms with van der Waals surface area (Å²) >= 11 is 7.21. The number of nitriles is 1. The van der Waals surface area contributed by atoms with Crippen LogP contribution in [-0.4, -0.2) is 17.9 Å². The minimum absolute atomic E-state index is 0.381. The van der Waals surface area contributed by atoms with E-state index < -0.39 is 18.0 Å². The first-order chi connectivity index (χ1) is 11.0. The number of nitrogens with zero attached hydrogens (tertiary/aromatic N) is 1. The average Bonchev–Trinajstić information content (AvgIpc) is 3.07. The molecule has 2 atom stereocenters. The first-order valence-electron chi connectivity index (χ1n) is 6.80. The third kappa shape index (κ3) is 4.55. The number of hydrogen-bond donors (Lipinski definition) is 2. The molecule has 0 aliphatic heterocycles. The molecule has 0 fully saturated rings. The monoisotopic (exact) mass is 347 g/mol. The highest BCUT2D eigenvalue weighted by Crippen LogP contribution is 2.15. The van der Waals surface area contributed by atoms with Gasteiger partial charge in [-0.3, -0.25) is 9.59 Å². The maximum atomic E-state index is 12.1. The maximum absolute atomic E-state index is 12.1. The standard InChI is InChI=1S/C16H14ClN3O2S/c1-10(19-16(22)11-2-4-13(17)5-3-11)15(21)20-14(8-18)12-6-7-23-9-12/h2-7,9-10,14H,1H3,(H,19,22)(H,20,21)/t10-,14+/m1/s1. The van der Waals surface area contributed by atoms with Crippen LogP contribution in [0, 0.1) is 11.3 Å². The van der Waals surface area contributed by atoms with Gasteiger partial charge in [0.25, 0.3) is 5.91 Å². The molecule has 0 saturated heterocycles. The van der Waals surface area contributed by atoms with Crippen LogP contribution in [0.1, 0.15) is 28.9 Å². The van der Waals surface area contributed by atoms with E-state index in [0.717, 1.165) is 5.56 Å². The van der Waals surface area contributed by atoms with E-state index in [4.69, 9.17) is 16.9 Å². The molecule has 2 N–H and O–H groups in total. The van der Waals surface area contributed by atoms with Gasteiger partial charge in [-0.05, 0) is 53.6 Å². The number of hydrogen-bond acceptors (Lipinski definition) is 4. The lowest BCUT2D eigenvalue weighted by Crippen LogP contribution is -2.45. The van der Waals surface area contributed by atoms with Gasteiger partial charge in [0.2, 0.25) is 5.91 Å². The van der Waals surface area contributed by atoms with Crippen molar-refractivity contribution in [3.8, 4) is 6.07 Å². The van der Waals surface area contributed by atoms with E-state index in [1.165, 1.54) is 11.3 Å². The van der Waals surface area contributed by atoms with Crippen molar-refractivity contribution in [2.75, 3.05) is 0 Å². The van der Waals surface area contributed by atoms with Gasteiger partial charge < -0.3 is 10.6 Å². The van der Waals surface area contributed by atoms with Crippen LogP contribution in [0.3, 0.4) is 0 Å². The zero-order valence-corrected chi connectivity index (χ0v) is 13.8. The molecule has 0 spiro atoms. The van der Waals surface area contributed by atoms with E-state index in [9.17, 15) is 9.59 Å². The average molecular weight is 348 g/mol. The molecule has 0 bridgehead atoms. The second-order valence-corrected chi connectivity index (χ2v) is 6.05. The van der Waals surface area contributed by atoms with Gasteiger partial charge >= 0.3 is 0 Å². The smallest absolute Gasteiger partial charge is 0.251 e. The molecule has 0 saturated carbocycles. The summed E-state index contributed by atoms with van der Waals surface area (Å²) in [6.45, 7) is 1.56. The zero-order valence-electron chi connectivity index (χ0n) is 12.2. The predicted molar refractivity (Wildman–Crippen MR) is 89.2 cm³/mol. The van der Waals surface area contributed by atoms with Gasteiger partial charge in [-0.25, -0.2) is 0 Å². The second-order valence-electron chi connectivity index (χ2n) is 4.83. The van der Waals surface area contributed by atoms with E-state index in [-0.39, 0.29) is 5.91 Å². The molecule has 2 rings (SSSR count). The molecule has 0 unspecified atom stereocenters. The quantitative estimate of drug-likeness (QED) is 0.872. The molecule has 0 aliphatic rings. The van der Waals surface area contributed by atoms with E-state index in [1.54, 1.807) is 42.6 Å². The highest BCUT2D eigenvalue weighted by atomic mass is 35.5. The Morgan fingerprint density at radius 1 is 1.22 bits per heavy atom. The van der Waals surface area contributed by atoms with Crippen molar-refractivity contribution in [1.82, 2.24) is 10.6 Å². The molecule has 1 aromatic heterocycles. The third-order valence-electron chi connectivity index (χ3n) is 3.14. The van der Waals surface area contributed by atoms with Crippen molar-refractivity contribution in [2.45, 2.75) is 19.0 Å². The van der Waals surface area contributed by atoms with E-state index >= 15 is 0 Å². The number of rotatable bonds is 5. The van der Waals surface area contributed by atoms with Crippen LogP contribution >= 0.6 is 22.9 Å². The molecule has 7 heteroatoms. The highest BCUT2D eigenvalue weighted by molar-refractivity contribution is 7.08. The Balaban J connectivity index is 1.95. The minimum atomic E-state index is -0.771. The van der Waals surface area contributed by atoms with E-state index in [0.29, 0.717) is 10.6 Å². The molecule has 5 nitrogen and oxygen atoms in total. The molecular formula is C16H14ClN3O2S. The van der Waals surface area contributed by atoms with Gasteiger partial charge in [0.15, 0.2) is 0 Å². The number of halogens is 1. The maximum Gasteiger partial charge on any atom is 0.251 e. The lowest BCUT2D eigenvalue weighted by Gasteiger charge is -2.16. The van der Waals surface area contributed by atoms with Crippen molar-refractivity contribution < 1.29 is 9.59 Å². The molecule has 2 amide bonds. The third-order valence-corrected chi connectivity index (χ3v) is 4.09. The molecule has 2 aromatic rings. The number of carbonyl (C=O) groups excluding carboxylic acids is 2. The fourth-order valence-electron chi connectivity index (χ4n) is 1.84. The summed E-state index contributed by atoms with van der Waals surface area (Å²) in [6.07, 6.45) is 0. The normalized spacial score (nSPS) is 12.7. The van der Waals surface area contributed by atoms with Gasteiger partial charge in [0.1, 0.15) is 12.1 Å². The Hall–Kier alpha value is -2.36. The molecule has 1 aromatic carbocycles. The summed E-state index contributed by atoms with van der Waals surface area (Å²) in [7, 11) is 0. The summed E-state index contributed by atoms with van der Waals surface area (Å²) in [6, 6.07) is 8.65. The Kier molecular flexibility index (Phi) is 5.74. The Morgan fingerprint density at radius 2 is 1.91 bits per heavy atom. The van der Waals surface area contributed by atoms with Gasteiger partial charge in [-0.1, -0.05) is 11.6 Å². The Labute approximate surface area is 142 Å². The van der Waals surface area contributed by atoms with Crippen LogP contribution in [0.5, 0.6) is 0 Å². The van der Waals surface area contributed by atoms with Crippen molar-refractivity contribution >= 4 is 34.8 Å². The predicted octanol–water partition coefficient (Wildman–Crippen LogP) is 2.90. The minimum Gasteiger partial charge on any atom is -0.341 e. The number of benzene rings is 1. The molecule has 23 heavy (non-hydrogen) atoms. The van der Waals surface area contributed by atoms with Crippen LogP contribution < -0.4 is 10.6 Å². The molecule has 0 aliphatic carbocycles. The van der Waals surface area contributed by atoms with Gasteiger partial charge in [-0.15, -0.1) is 0 Å². The first kappa shape index (κ1) is 17.0. The van der Waals surface area contributed by atoms with Crippen LogP contribution in [0.15, 0.2) is 41.1 Å². The molecule has 0 radical (unpaired) electrons. The Bertz CT molecular complexity index is 723. The number of amides is 2. The summed E-state index contributed by atoms with van der Waals surface area (Å²) in [5.41, 5.74) is 1.13. The lowest BCUT2D eigenvalue weighted by atomic mass is 10.1. The second kappa shape index (κ2) is 7.77. The van der Waals surface area contributed by atoms with Crippen LogP contribution in [0.25, 0.3) is 0 Å². The molecular weight excluding hydrogens is 334 g/mol. The van der Waals surface area contributed by atoms with Gasteiger partial charge in [-0.2, -0.15) is 16.6 Å².